The van der Waals surface area contributed by atoms with Crippen LogP contribution in [0.2, 0.25) is 0 Å². The van der Waals surface area contributed by atoms with E-state index in [1.54, 1.807) is 17.5 Å². The predicted molar refractivity (Wildman–Crippen MR) is 57.4 cm³/mol. The van der Waals surface area contributed by atoms with Gasteiger partial charge in [-0.25, -0.2) is 4.98 Å². The third-order valence-corrected chi connectivity index (χ3v) is 2.89. The van der Waals surface area contributed by atoms with Gasteiger partial charge in [-0.3, -0.25) is 9.36 Å². The van der Waals surface area contributed by atoms with E-state index in [0.29, 0.717) is 6.42 Å². The Bertz CT molecular complexity index is 448. The molecule has 0 fully saturated rings. The van der Waals surface area contributed by atoms with Crippen molar-refractivity contribution >= 4 is 17.3 Å². The van der Waals surface area contributed by atoms with Gasteiger partial charge in [-0.2, -0.15) is 0 Å². The first kappa shape index (κ1) is 9.92. The lowest BCUT2D eigenvalue weighted by atomic mass is 10.3. The van der Waals surface area contributed by atoms with Crippen molar-refractivity contribution in [3.63, 3.8) is 0 Å². The Hall–Kier alpha value is -1.62. The normalized spacial score (nSPS) is 10.4. The van der Waals surface area contributed by atoms with Gasteiger partial charge in [0.25, 0.3) is 0 Å². The molecule has 0 saturated carbocycles. The molecule has 0 amide bonds. The second-order valence-electron chi connectivity index (χ2n) is 3.06. The fourth-order valence-corrected chi connectivity index (χ4v) is 2.08. The maximum atomic E-state index is 10.5. The molecule has 0 radical (unpaired) electrons. The van der Waals surface area contributed by atoms with Gasteiger partial charge >= 0.3 is 5.97 Å². The Labute approximate surface area is 90.8 Å². The van der Waals surface area contributed by atoms with E-state index in [4.69, 9.17) is 5.11 Å². The summed E-state index contributed by atoms with van der Waals surface area (Å²) in [5.41, 5.74) is 0. The van der Waals surface area contributed by atoms with E-state index in [2.05, 4.69) is 4.98 Å². The average molecular weight is 222 g/mol. The van der Waals surface area contributed by atoms with E-state index >= 15 is 0 Å². The summed E-state index contributed by atoms with van der Waals surface area (Å²) in [7, 11) is 0. The molecule has 2 aromatic heterocycles. The van der Waals surface area contributed by atoms with Gasteiger partial charge in [-0.1, -0.05) is 0 Å². The number of aryl methyl sites for hydroxylation is 1. The summed E-state index contributed by atoms with van der Waals surface area (Å²) in [4.78, 5) is 14.6. The molecular formula is C10H10N2O2S. The van der Waals surface area contributed by atoms with Gasteiger partial charge in [0.15, 0.2) is 0 Å². The summed E-state index contributed by atoms with van der Waals surface area (Å²) >= 11 is 1.60. The first-order chi connectivity index (χ1) is 7.27. The minimum atomic E-state index is -0.796. The highest BCUT2D eigenvalue weighted by atomic mass is 32.1. The second kappa shape index (κ2) is 4.27. The van der Waals surface area contributed by atoms with Gasteiger partial charge in [-0.15, -0.1) is 11.3 Å². The van der Waals surface area contributed by atoms with Gasteiger partial charge < -0.3 is 5.11 Å². The summed E-state index contributed by atoms with van der Waals surface area (Å²) in [6, 6.07) is 3.94. The molecule has 0 aliphatic carbocycles. The summed E-state index contributed by atoms with van der Waals surface area (Å²) in [5, 5.41) is 11.6. The highest BCUT2D eigenvalue weighted by molar-refractivity contribution is 7.12. The van der Waals surface area contributed by atoms with Crippen LogP contribution in [0.1, 0.15) is 12.2 Å². The second-order valence-corrected chi connectivity index (χ2v) is 3.98. The zero-order chi connectivity index (χ0) is 10.7. The van der Waals surface area contributed by atoms with Crippen molar-refractivity contribution < 1.29 is 9.90 Å². The largest absolute Gasteiger partial charge is 0.481 e. The molecule has 1 N–H and O–H groups in total. The number of aliphatic carboxylic acids is 1. The zero-order valence-electron chi connectivity index (χ0n) is 7.96. The number of carboxylic acids is 1. The van der Waals surface area contributed by atoms with Gasteiger partial charge in [0.1, 0.15) is 10.8 Å². The van der Waals surface area contributed by atoms with Crippen molar-refractivity contribution in [2.75, 3.05) is 0 Å². The predicted octanol–water partition coefficient (Wildman–Crippen LogP) is 1.95. The maximum absolute atomic E-state index is 10.5. The SMILES string of the molecule is O=C(O)CCc1nccn1-c1cccs1. The van der Waals surface area contributed by atoms with Crippen LogP contribution in [0.25, 0.3) is 5.00 Å². The standard InChI is InChI=1S/C10H10N2O2S/c13-10(14)4-3-8-11-5-6-12(8)9-2-1-7-15-9/h1-2,5-7H,3-4H2,(H,13,14). The van der Waals surface area contributed by atoms with Crippen molar-refractivity contribution in [3.8, 4) is 5.00 Å². The van der Waals surface area contributed by atoms with Crippen molar-refractivity contribution in [2.45, 2.75) is 12.8 Å². The molecule has 5 heteroatoms. The summed E-state index contributed by atoms with van der Waals surface area (Å²) in [5.74, 6) is -0.00409. The Balaban J connectivity index is 2.19. The van der Waals surface area contributed by atoms with E-state index in [1.807, 2.05) is 28.3 Å². The van der Waals surface area contributed by atoms with Gasteiger partial charge in [0.05, 0.1) is 6.42 Å². The molecule has 0 bridgehead atoms. The van der Waals surface area contributed by atoms with Crippen LogP contribution >= 0.6 is 11.3 Å². The van der Waals surface area contributed by atoms with Gasteiger partial charge in [-0.05, 0) is 17.5 Å². The van der Waals surface area contributed by atoms with Crippen LogP contribution in [-0.4, -0.2) is 20.6 Å². The molecule has 0 unspecified atom stereocenters. The Kier molecular flexibility index (Phi) is 2.82. The maximum Gasteiger partial charge on any atom is 0.303 e. The van der Waals surface area contributed by atoms with E-state index in [0.717, 1.165) is 10.8 Å². The number of thiophene rings is 1. The number of imidazole rings is 1. The quantitative estimate of drug-likeness (QED) is 0.860. The van der Waals surface area contributed by atoms with E-state index in [1.165, 1.54) is 0 Å². The third-order valence-electron chi connectivity index (χ3n) is 2.02. The molecule has 2 aromatic rings. The number of nitrogens with zero attached hydrogens (tertiary/aromatic N) is 2. The first-order valence-electron chi connectivity index (χ1n) is 4.55. The summed E-state index contributed by atoms with van der Waals surface area (Å²) in [6.07, 6.45) is 4.11. The highest BCUT2D eigenvalue weighted by Crippen LogP contribution is 2.17. The van der Waals surface area contributed by atoms with Crippen molar-refractivity contribution in [3.05, 3.63) is 35.7 Å². The molecule has 15 heavy (non-hydrogen) atoms. The van der Waals surface area contributed by atoms with Gasteiger partial charge in [0, 0.05) is 18.8 Å². The molecule has 0 saturated heterocycles. The van der Waals surface area contributed by atoms with E-state index in [-0.39, 0.29) is 6.42 Å². The van der Waals surface area contributed by atoms with Crippen molar-refractivity contribution in [2.24, 2.45) is 0 Å². The minimum absolute atomic E-state index is 0.113. The van der Waals surface area contributed by atoms with E-state index in [9.17, 15) is 4.79 Å². The van der Waals surface area contributed by atoms with Crippen LogP contribution in [0.4, 0.5) is 0 Å². The minimum Gasteiger partial charge on any atom is -0.481 e. The topological polar surface area (TPSA) is 55.1 Å². The molecule has 0 atom stereocenters. The third kappa shape index (κ3) is 2.24. The number of rotatable bonds is 4. The fourth-order valence-electron chi connectivity index (χ4n) is 1.35. The number of hydrogen-bond acceptors (Lipinski definition) is 3. The Morgan fingerprint density at radius 1 is 1.60 bits per heavy atom. The lowest BCUT2D eigenvalue weighted by molar-refractivity contribution is -0.137. The van der Waals surface area contributed by atoms with Crippen LogP contribution in [0, 0.1) is 0 Å². The molecule has 0 aliphatic heterocycles. The lowest BCUT2D eigenvalue weighted by Crippen LogP contribution is -2.03. The average Bonchev–Trinajstić information content (AvgIpc) is 2.85. The zero-order valence-corrected chi connectivity index (χ0v) is 8.78. The van der Waals surface area contributed by atoms with Crippen LogP contribution in [-0.2, 0) is 11.2 Å². The number of carboxylic acid groups (broad SMARTS) is 1. The molecular weight excluding hydrogens is 212 g/mol. The lowest BCUT2D eigenvalue weighted by Gasteiger charge is -2.03. The number of aromatic nitrogens is 2. The monoisotopic (exact) mass is 222 g/mol. The first-order valence-corrected chi connectivity index (χ1v) is 5.43. The number of carbonyl (C=O) groups is 1. The fraction of sp³-hybridized carbons (Fsp3) is 0.200. The van der Waals surface area contributed by atoms with Crippen molar-refractivity contribution in [1.29, 1.82) is 0 Å². The molecule has 78 valence electrons. The van der Waals surface area contributed by atoms with Crippen molar-refractivity contribution in [1.82, 2.24) is 9.55 Å². The molecule has 0 spiro atoms. The molecule has 4 nitrogen and oxygen atoms in total. The Morgan fingerprint density at radius 3 is 3.13 bits per heavy atom. The number of hydrogen-bond donors (Lipinski definition) is 1. The smallest absolute Gasteiger partial charge is 0.303 e. The van der Waals surface area contributed by atoms with Crippen LogP contribution in [0.15, 0.2) is 29.9 Å². The van der Waals surface area contributed by atoms with E-state index < -0.39 is 5.97 Å². The van der Waals surface area contributed by atoms with Gasteiger partial charge in [0.2, 0.25) is 0 Å². The Morgan fingerprint density at radius 2 is 2.47 bits per heavy atom. The summed E-state index contributed by atoms with van der Waals surface area (Å²) in [6.45, 7) is 0. The molecule has 0 aliphatic rings. The summed E-state index contributed by atoms with van der Waals surface area (Å²) < 4.78 is 1.92. The molecule has 0 aromatic carbocycles. The highest BCUT2D eigenvalue weighted by Gasteiger charge is 2.07. The van der Waals surface area contributed by atoms with Crippen LogP contribution in [0.5, 0.6) is 0 Å². The van der Waals surface area contributed by atoms with Crippen LogP contribution in [0.3, 0.4) is 0 Å². The van der Waals surface area contributed by atoms with Crippen LogP contribution < -0.4 is 0 Å². The molecule has 2 rings (SSSR count). The molecule has 2 heterocycles.